The minimum Gasteiger partial charge on any atom is -0.389 e. The van der Waals surface area contributed by atoms with E-state index in [9.17, 15) is 30.0 Å². The third kappa shape index (κ3) is 4.44. The summed E-state index contributed by atoms with van der Waals surface area (Å²) in [7, 11) is 0. The lowest BCUT2D eigenvalue weighted by Gasteiger charge is -2.40. The molecule has 8 N–H and O–H groups in total. The van der Waals surface area contributed by atoms with E-state index in [0.29, 0.717) is 0 Å². The fourth-order valence-electron chi connectivity index (χ4n) is 2.87. The Kier molecular flexibility index (Phi) is 6.81. The zero-order valence-electron chi connectivity index (χ0n) is 14.3. The number of carbonyl (C=O) groups is 2. The number of Topliss-reactive ketones (excluding diaryl/α,β-unsaturated/α-hetero) is 1. The van der Waals surface area contributed by atoms with Crippen molar-refractivity contribution in [2.45, 2.75) is 49.5 Å². The first kappa shape index (κ1) is 20.4. The molecule has 0 spiro atoms. The van der Waals surface area contributed by atoms with E-state index >= 15 is 0 Å². The van der Waals surface area contributed by atoms with Crippen molar-refractivity contribution < 1.29 is 30.0 Å². The zero-order valence-corrected chi connectivity index (χ0v) is 14.3. The molecular weight excluding hydrogens is 342 g/mol. The van der Waals surface area contributed by atoms with E-state index in [1.54, 1.807) is 25.1 Å². The van der Waals surface area contributed by atoms with Gasteiger partial charge in [0.05, 0.1) is 18.2 Å². The number of amides is 1. The number of hydrogen-bond donors (Lipinski definition) is 7. The van der Waals surface area contributed by atoms with Gasteiger partial charge in [0.2, 0.25) is 0 Å². The predicted molar refractivity (Wildman–Crippen MR) is 92.2 cm³/mol. The molecule has 26 heavy (non-hydrogen) atoms. The minimum absolute atomic E-state index is 0.128. The molecule has 1 saturated heterocycles. The topological polar surface area (TPSA) is 165 Å². The highest BCUT2D eigenvalue weighted by Gasteiger charge is 2.40. The number of aliphatic hydroxyl groups is 4. The third-order valence-corrected chi connectivity index (χ3v) is 4.57. The Hall–Kier alpha value is -1.88. The summed E-state index contributed by atoms with van der Waals surface area (Å²) in [5.41, 5.74) is 5.97. The van der Waals surface area contributed by atoms with E-state index in [1.165, 1.54) is 12.1 Å². The Bertz CT molecular complexity index is 628. The number of nitrogens with two attached hydrogens (primary N) is 1. The minimum atomic E-state index is -1.77. The molecular formula is C17H25N3O6. The number of rotatable bonds is 6. The van der Waals surface area contributed by atoms with Gasteiger partial charge in [-0.3, -0.25) is 9.59 Å². The van der Waals surface area contributed by atoms with Gasteiger partial charge in [-0.1, -0.05) is 30.3 Å². The molecule has 1 aromatic carbocycles. The Morgan fingerprint density at radius 3 is 2.38 bits per heavy atom. The third-order valence-electron chi connectivity index (χ3n) is 4.57. The van der Waals surface area contributed by atoms with Crippen LogP contribution in [0.15, 0.2) is 30.3 Å². The van der Waals surface area contributed by atoms with Crippen LogP contribution in [-0.2, 0) is 4.79 Å². The maximum atomic E-state index is 12.2. The van der Waals surface area contributed by atoms with Crippen LogP contribution in [0.5, 0.6) is 0 Å². The second kappa shape index (κ2) is 8.67. The SMILES string of the molecule is C[C@@H]1N[C@H](CNC(=O)C(O)C(N)C(=O)c2ccccc2)[C@@H](O)[C@H](O)[C@@H]1O. The zero-order chi connectivity index (χ0) is 19.4. The van der Waals surface area contributed by atoms with Gasteiger partial charge < -0.3 is 36.8 Å². The Morgan fingerprint density at radius 2 is 1.77 bits per heavy atom. The van der Waals surface area contributed by atoms with Crippen LogP contribution in [0.2, 0.25) is 0 Å². The Labute approximate surface area is 150 Å². The molecule has 1 aromatic rings. The molecule has 0 radical (unpaired) electrons. The van der Waals surface area contributed by atoms with Gasteiger partial charge in [0.1, 0.15) is 12.1 Å². The molecule has 9 nitrogen and oxygen atoms in total. The second-order valence-corrected chi connectivity index (χ2v) is 6.48. The summed E-state index contributed by atoms with van der Waals surface area (Å²) in [5.74, 6) is -1.44. The molecule has 7 atom stereocenters. The first-order valence-electron chi connectivity index (χ1n) is 8.35. The van der Waals surface area contributed by atoms with Gasteiger partial charge in [0.15, 0.2) is 11.9 Å². The summed E-state index contributed by atoms with van der Waals surface area (Å²) in [5, 5.41) is 44.7. The van der Waals surface area contributed by atoms with E-state index in [1.807, 2.05) is 0 Å². The fourth-order valence-corrected chi connectivity index (χ4v) is 2.87. The predicted octanol–water partition coefficient (Wildman–Crippen LogP) is -2.88. The summed E-state index contributed by atoms with van der Waals surface area (Å²) in [6.45, 7) is 1.50. The average molecular weight is 367 g/mol. The van der Waals surface area contributed by atoms with Crippen LogP contribution in [0.4, 0.5) is 0 Å². The molecule has 0 saturated carbocycles. The lowest BCUT2D eigenvalue weighted by atomic mass is 9.91. The summed E-state index contributed by atoms with van der Waals surface area (Å²) < 4.78 is 0. The van der Waals surface area contributed by atoms with Crippen molar-refractivity contribution in [1.82, 2.24) is 10.6 Å². The molecule has 2 rings (SSSR count). The molecule has 2 unspecified atom stereocenters. The highest BCUT2D eigenvalue weighted by Crippen LogP contribution is 2.15. The van der Waals surface area contributed by atoms with E-state index in [2.05, 4.69) is 10.6 Å². The summed E-state index contributed by atoms with van der Waals surface area (Å²) >= 11 is 0. The molecule has 1 aliphatic heterocycles. The molecule has 0 aliphatic carbocycles. The van der Waals surface area contributed by atoms with Crippen LogP contribution >= 0.6 is 0 Å². The van der Waals surface area contributed by atoms with Crippen LogP contribution in [-0.4, -0.2) is 81.2 Å². The fraction of sp³-hybridized carbons (Fsp3) is 0.529. The number of nitrogens with one attached hydrogen (secondary N) is 2. The number of piperidine rings is 1. The molecule has 1 fully saturated rings. The number of benzene rings is 1. The van der Waals surface area contributed by atoms with Gasteiger partial charge in [-0.2, -0.15) is 0 Å². The van der Waals surface area contributed by atoms with Crippen molar-refractivity contribution in [2.75, 3.05) is 6.54 Å². The maximum absolute atomic E-state index is 12.2. The largest absolute Gasteiger partial charge is 0.389 e. The van der Waals surface area contributed by atoms with Gasteiger partial charge in [-0.15, -0.1) is 0 Å². The monoisotopic (exact) mass is 367 g/mol. The van der Waals surface area contributed by atoms with Crippen molar-refractivity contribution in [2.24, 2.45) is 5.73 Å². The van der Waals surface area contributed by atoms with Crippen molar-refractivity contribution >= 4 is 11.7 Å². The number of hydrogen-bond acceptors (Lipinski definition) is 8. The molecule has 144 valence electrons. The average Bonchev–Trinajstić information content (AvgIpc) is 2.66. The lowest BCUT2D eigenvalue weighted by Crippen LogP contribution is -2.66. The van der Waals surface area contributed by atoms with Gasteiger partial charge in [0.25, 0.3) is 5.91 Å². The lowest BCUT2D eigenvalue weighted by molar-refractivity contribution is -0.131. The van der Waals surface area contributed by atoms with E-state index in [4.69, 9.17) is 5.73 Å². The molecule has 1 aliphatic rings. The first-order valence-corrected chi connectivity index (χ1v) is 8.35. The molecule has 1 heterocycles. The number of carbonyl (C=O) groups excluding carboxylic acids is 2. The van der Waals surface area contributed by atoms with Gasteiger partial charge in [-0.25, -0.2) is 0 Å². The van der Waals surface area contributed by atoms with Crippen LogP contribution in [0.25, 0.3) is 0 Å². The van der Waals surface area contributed by atoms with Crippen LogP contribution < -0.4 is 16.4 Å². The molecule has 0 aromatic heterocycles. The quantitative estimate of drug-likeness (QED) is 0.263. The van der Waals surface area contributed by atoms with E-state index in [-0.39, 0.29) is 12.1 Å². The van der Waals surface area contributed by atoms with Crippen molar-refractivity contribution in [3.05, 3.63) is 35.9 Å². The normalized spacial score (nSPS) is 31.1. The van der Waals surface area contributed by atoms with Crippen molar-refractivity contribution in [3.63, 3.8) is 0 Å². The number of ketones is 1. The Balaban J connectivity index is 1.91. The van der Waals surface area contributed by atoms with E-state index < -0.39 is 54.2 Å². The smallest absolute Gasteiger partial charge is 0.251 e. The van der Waals surface area contributed by atoms with E-state index in [0.717, 1.165) is 0 Å². The number of aliphatic hydroxyl groups excluding tert-OH is 4. The van der Waals surface area contributed by atoms with Gasteiger partial charge in [-0.05, 0) is 6.92 Å². The van der Waals surface area contributed by atoms with Crippen LogP contribution in [0.3, 0.4) is 0 Å². The highest BCUT2D eigenvalue weighted by atomic mass is 16.4. The van der Waals surface area contributed by atoms with Crippen LogP contribution in [0.1, 0.15) is 17.3 Å². The highest BCUT2D eigenvalue weighted by molar-refractivity contribution is 6.03. The summed E-state index contributed by atoms with van der Waals surface area (Å²) in [6, 6.07) is 5.40. The standard InChI is InChI=1S/C17H25N3O6/c1-8-12(21)16(25)14(23)10(20-8)7-19-17(26)15(24)11(18)13(22)9-5-3-2-4-6-9/h2-6,8,10-12,14-16,20-21,23-25H,7,18H2,1H3,(H,19,26)/t8-,10+,11?,12+,14+,15?,16+/m0/s1. The van der Waals surface area contributed by atoms with Gasteiger partial charge in [0, 0.05) is 18.2 Å². The Morgan fingerprint density at radius 1 is 1.15 bits per heavy atom. The van der Waals surface area contributed by atoms with Crippen LogP contribution in [0, 0.1) is 0 Å². The molecule has 0 bridgehead atoms. The van der Waals surface area contributed by atoms with Crippen molar-refractivity contribution in [3.8, 4) is 0 Å². The summed E-state index contributed by atoms with van der Waals surface area (Å²) in [4.78, 5) is 24.3. The first-order chi connectivity index (χ1) is 12.2. The van der Waals surface area contributed by atoms with Crippen molar-refractivity contribution in [1.29, 1.82) is 0 Å². The second-order valence-electron chi connectivity index (χ2n) is 6.48. The molecule has 9 heteroatoms. The molecule has 1 amide bonds. The van der Waals surface area contributed by atoms with Gasteiger partial charge >= 0.3 is 0 Å². The maximum Gasteiger partial charge on any atom is 0.251 e. The summed E-state index contributed by atoms with van der Waals surface area (Å²) in [6.07, 6.45) is -5.57.